The molecule has 0 heterocycles. The third-order valence-electron chi connectivity index (χ3n) is 3.72. The van der Waals surface area contributed by atoms with Crippen LogP contribution in [0.2, 0.25) is 0 Å². The lowest BCUT2D eigenvalue weighted by Crippen LogP contribution is -2.57. The monoisotopic (exact) mass is 299 g/mol. The molecule has 6 heteroatoms. The van der Waals surface area contributed by atoms with Crippen LogP contribution >= 0.6 is 0 Å². The van der Waals surface area contributed by atoms with Gasteiger partial charge in [0.05, 0.1) is 0 Å². The van der Waals surface area contributed by atoms with E-state index in [-0.39, 0.29) is 12.5 Å². The first-order valence-electron chi connectivity index (χ1n) is 6.70. The fourth-order valence-electron chi connectivity index (χ4n) is 1.69. The fraction of sp³-hybridized carbons (Fsp3) is 0.571. The van der Waals surface area contributed by atoms with Crippen molar-refractivity contribution in [2.24, 2.45) is 11.7 Å². The highest BCUT2D eigenvalue weighted by atomic mass is 32.2. The summed E-state index contributed by atoms with van der Waals surface area (Å²) in [5.74, 6) is 0.104. The molecule has 0 aromatic heterocycles. The molecule has 1 atom stereocenters. The average Bonchev–Trinajstić information content (AvgIpc) is 2.39. The molecule has 1 unspecified atom stereocenters. The van der Waals surface area contributed by atoms with Crippen LogP contribution in [0.15, 0.2) is 30.3 Å². The lowest BCUT2D eigenvalue weighted by molar-refractivity contribution is 0.304. The van der Waals surface area contributed by atoms with E-state index in [2.05, 4.69) is 4.72 Å². The zero-order chi connectivity index (χ0) is 15.4. The molecule has 0 aliphatic heterocycles. The minimum Gasteiger partial charge on any atom is -0.329 e. The number of nitrogens with zero attached hydrogens (tertiary/aromatic N) is 1. The summed E-state index contributed by atoms with van der Waals surface area (Å²) < 4.78 is 28.8. The van der Waals surface area contributed by atoms with Crippen LogP contribution in [0, 0.1) is 5.92 Å². The van der Waals surface area contributed by atoms with Crippen LogP contribution in [0.1, 0.15) is 26.3 Å². The van der Waals surface area contributed by atoms with Gasteiger partial charge in [-0.25, -0.2) is 0 Å². The maximum absolute atomic E-state index is 12.4. The zero-order valence-corrected chi connectivity index (χ0v) is 13.4. The van der Waals surface area contributed by atoms with Crippen LogP contribution in [0.4, 0.5) is 0 Å². The van der Waals surface area contributed by atoms with E-state index in [1.165, 1.54) is 4.31 Å². The maximum Gasteiger partial charge on any atom is 0.280 e. The average molecular weight is 299 g/mol. The van der Waals surface area contributed by atoms with Crippen LogP contribution < -0.4 is 10.5 Å². The summed E-state index contributed by atoms with van der Waals surface area (Å²) in [6, 6.07) is 9.48. The Kier molecular flexibility index (Phi) is 5.70. The Morgan fingerprint density at radius 1 is 1.30 bits per heavy atom. The van der Waals surface area contributed by atoms with Gasteiger partial charge in [0.2, 0.25) is 0 Å². The Bertz CT molecular complexity index is 516. The normalized spacial score (nSPS) is 15.6. The van der Waals surface area contributed by atoms with E-state index >= 15 is 0 Å². The number of nitrogens with two attached hydrogens (primary N) is 1. The molecule has 20 heavy (non-hydrogen) atoms. The van der Waals surface area contributed by atoms with Crippen molar-refractivity contribution in [2.45, 2.75) is 32.9 Å². The minimum atomic E-state index is -3.57. The molecule has 0 bridgehead atoms. The smallest absolute Gasteiger partial charge is 0.280 e. The Labute approximate surface area is 122 Å². The lowest BCUT2D eigenvalue weighted by atomic mass is 9.90. The molecule has 5 nitrogen and oxygen atoms in total. The van der Waals surface area contributed by atoms with Gasteiger partial charge in [-0.15, -0.1) is 0 Å². The number of hydrogen-bond acceptors (Lipinski definition) is 3. The number of nitrogens with one attached hydrogen (secondary N) is 1. The molecule has 0 saturated heterocycles. The quantitative estimate of drug-likeness (QED) is 0.797. The summed E-state index contributed by atoms with van der Waals surface area (Å²) in [4.78, 5) is 0. The van der Waals surface area contributed by atoms with Gasteiger partial charge in [0.15, 0.2) is 0 Å². The van der Waals surface area contributed by atoms with E-state index in [1.54, 1.807) is 7.05 Å². The fourth-order valence-corrected chi connectivity index (χ4v) is 3.08. The SMILES string of the molecule is CC(C)C(C)(CN)NS(=O)(=O)N(C)Cc1ccccc1. The summed E-state index contributed by atoms with van der Waals surface area (Å²) in [6.07, 6.45) is 0. The molecular formula is C14H25N3O2S. The third kappa shape index (κ3) is 4.28. The molecular weight excluding hydrogens is 274 g/mol. The molecule has 0 spiro atoms. The van der Waals surface area contributed by atoms with Gasteiger partial charge < -0.3 is 5.73 Å². The predicted molar refractivity (Wildman–Crippen MR) is 82.3 cm³/mol. The van der Waals surface area contributed by atoms with Crippen molar-refractivity contribution in [2.75, 3.05) is 13.6 Å². The molecule has 1 rings (SSSR count). The second-order valence-electron chi connectivity index (χ2n) is 5.63. The van der Waals surface area contributed by atoms with Gasteiger partial charge in [0, 0.05) is 25.7 Å². The second-order valence-corrected chi connectivity index (χ2v) is 7.40. The number of benzene rings is 1. The highest BCUT2D eigenvalue weighted by Gasteiger charge is 2.33. The topological polar surface area (TPSA) is 75.4 Å². The predicted octanol–water partition coefficient (Wildman–Crippen LogP) is 1.33. The third-order valence-corrected chi connectivity index (χ3v) is 5.39. The van der Waals surface area contributed by atoms with Crippen molar-refractivity contribution in [1.82, 2.24) is 9.03 Å². The van der Waals surface area contributed by atoms with E-state index in [0.29, 0.717) is 6.54 Å². The van der Waals surface area contributed by atoms with Gasteiger partial charge in [-0.1, -0.05) is 44.2 Å². The van der Waals surface area contributed by atoms with Crippen molar-refractivity contribution >= 4 is 10.2 Å². The Balaban J connectivity index is 2.83. The van der Waals surface area contributed by atoms with Crippen molar-refractivity contribution in [3.05, 3.63) is 35.9 Å². The van der Waals surface area contributed by atoms with Crippen LogP contribution in [0.25, 0.3) is 0 Å². The van der Waals surface area contributed by atoms with Gasteiger partial charge >= 0.3 is 0 Å². The van der Waals surface area contributed by atoms with E-state index in [4.69, 9.17) is 5.73 Å². The molecule has 0 fully saturated rings. The number of rotatable bonds is 7. The van der Waals surface area contributed by atoms with Gasteiger partial charge in [-0.3, -0.25) is 0 Å². The molecule has 1 aromatic carbocycles. The lowest BCUT2D eigenvalue weighted by Gasteiger charge is -2.34. The molecule has 0 aliphatic carbocycles. The largest absolute Gasteiger partial charge is 0.329 e. The van der Waals surface area contributed by atoms with Gasteiger partial charge in [-0.05, 0) is 18.4 Å². The zero-order valence-electron chi connectivity index (χ0n) is 12.6. The summed E-state index contributed by atoms with van der Waals surface area (Å²) in [5, 5.41) is 0. The van der Waals surface area contributed by atoms with Crippen molar-refractivity contribution in [3.8, 4) is 0 Å². The Morgan fingerprint density at radius 2 is 1.85 bits per heavy atom. The van der Waals surface area contributed by atoms with Gasteiger partial charge in [0.1, 0.15) is 0 Å². The molecule has 0 saturated carbocycles. The first-order chi connectivity index (χ1) is 9.21. The molecule has 0 amide bonds. The van der Waals surface area contributed by atoms with Crippen LogP contribution in [-0.2, 0) is 16.8 Å². The Hall–Kier alpha value is -0.950. The molecule has 0 aliphatic rings. The first kappa shape index (κ1) is 17.1. The molecule has 114 valence electrons. The van der Waals surface area contributed by atoms with Crippen molar-refractivity contribution in [3.63, 3.8) is 0 Å². The first-order valence-corrected chi connectivity index (χ1v) is 8.14. The van der Waals surface area contributed by atoms with Crippen LogP contribution in [-0.4, -0.2) is 31.9 Å². The molecule has 0 radical (unpaired) electrons. The van der Waals surface area contributed by atoms with E-state index in [1.807, 2.05) is 51.1 Å². The minimum absolute atomic E-state index is 0.104. The molecule has 1 aromatic rings. The van der Waals surface area contributed by atoms with E-state index in [0.717, 1.165) is 5.56 Å². The summed E-state index contributed by atoms with van der Waals surface area (Å²) in [7, 11) is -2.01. The van der Waals surface area contributed by atoms with Gasteiger partial charge in [-0.2, -0.15) is 17.4 Å². The van der Waals surface area contributed by atoms with Gasteiger partial charge in [0.25, 0.3) is 10.2 Å². The highest BCUT2D eigenvalue weighted by Crippen LogP contribution is 2.17. The van der Waals surface area contributed by atoms with Crippen LogP contribution in [0.3, 0.4) is 0 Å². The summed E-state index contributed by atoms with van der Waals surface area (Å²) >= 11 is 0. The Morgan fingerprint density at radius 3 is 2.30 bits per heavy atom. The highest BCUT2D eigenvalue weighted by molar-refractivity contribution is 7.87. The van der Waals surface area contributed by atoms with Crippen molar-refractivity contribution in [1.29, 1.82) is 0 Å². The summed E-state index contributed by atoms with van der Waals surface area (Å²) in [5.41, 5.74) is 6.02. The van der Waals surface area contributed by atoms with E-state index < -0.39 is 15.7 Å². The molecule has 3 N–H and O–H groups in total. The van der Waals surface area contributed by atoms with Crippen molar-refractivity contribution < 1.29 is 8.42 Å². The summed E-state index contributed by atoms with van der Waals surface area (Å²) in [6.45, 7) is 6.31. The standard InChI is InChI=1S/C14H25N3O2S/c1-12(2)14(3,11-15)16-20(18,19)17(4)10-13-8-6-5-7-9-13/h5-9,12,16H,10-11,15H2,1-4H3. The number of hydrogen-bond donors (Lipinski definition) is 2. The maximum atomic E-state index is 12.4. The second kappa shape index (κ2) is 6.67. The van der Waals surface area contributed by atoms with Crippen LogP contribution in [0.5, 0.6) is 0 Å². The van der Waals surface area contributed by atoms with E-state index in [9.17, 15) is 8.42 Å².